The average Bonchev–Trinajstić information content (AvgIpc) is 2.76. The monoisotopic (exact) mass is 473 g/mol. The van der Waals surface area contributed by atoms with Gasteiger partial charge >= 0.3 is 0 Å². The van der Waals surface area contributed by atoms with E-state index < -0.39 is 16.1 Å². The Labute approximate surface area is 197 Å². The molecule has 1 N–H and O–H groups in total. The van der Waals surface area contributed by atoms with E-state index in [2.05, 4.69) is 5.32 Å². The predicted octanol–water partition coefficient (Wildman–Crippen LogP) is 3.32. The van der Waals surface area contributed by atoms with E-state index in [0.717, 1.165) is 22.3 Å². The average molecular weight is 474 g/mol. The summed E-state index contributed by atoms with van der Waals surface area (Å²) in [5, 5.41) is 2.60. The third-order valence-electron chi connectivity index (χ3n) is 5.82. The van der Waals surface area contributed by atoms with Gasteiger partial charge in [-0.2, -0.15) is 0 Å². The van der Waals surface area contributed by atoms with Crippen LogP contribution in [0.15, 0.2) is 42.5 Å². The quantitative estimate of drug-likeness (QED) is 0.574. The third kappa shape index (κ3) is 7.32. The number of hydrogen-bond donors (Lipinski definition) is 1. The van der Waals surface area contributed by atoms with Crippen molar-refractivity contribution in [2.24, 2.45) is 0 Å². The zero-order chi connectivity index (χ0) is 24.8. The molecule has 0 aliphatic rings. The number of likely N-dealkylation sites (N-methyl/N-ethyl adjacent to an activating group) is 1. The Bertz CT molecular complexity index is 1080. The van der Waals surface area contributed by atoms with Crippen LogP contribution in [0.1, 0.15) is 42.0 Å². The highest BCUT2D eigenvalue weighted by Crippen LogP contribution is 2.22. The number of carbonyl (C=O) groups excluding carboxylic acids is 2. The Morgan fingerprint density at radius 2 is 1.64 bits per heavy atom. The summed E-state index contributed by atoms with van der Waals surface area (Å²) >= 11 is 0. The van der Waals surface area contributed by atoms with Gasteiger partial charge in [-0.1, -0.05) is 35.9 Å². The van der Waals surface area contributed by atoms with Crippen LogP contribution in [0, 0.1) is 20.8 Å². The van der Waals surface area contributed by atoms with Gasteiger partial charge < -0.3 is 10.2 Å². The van der Waals surface area contributed by atoms with Gasteiger partial charge in [-0.3, -0.25) is 13.9 Å². The minimum atomic E-state index is -3.51. The second-order valence-electron chi connectivity index (χ2n) is 8.50. The van der Waals surface area contributed by atoms with Crippen LogP contribution in [0.2, 0.25) is 0 Å². The number of rotatable bonds is 10. The van der Waals surface area contributed by atoms with Crippen LogP contribution < -0.4 is 9.62 Å². The highest BCUT2D eigenvalue weighted by molar-refractivity contribution is 7.92. The van der Waals surface area contributed by atoms with Gasteiger partial charge in [0.2, 0.25) is 21.8 Å². The largest absolute Gasteiger partial charge is 0.357 e. The molecule has 33 heavy (non-hydrogen) atoms. The van der Waals surface area contributed by atoms with Crippen molar-refractivity contribution < 1.29 is 18.0 Å². The molecule has 2 amide bonds. The number of anilines is 1. The van der Waals surface area contributed by atoms with Gasteiger partial charge in [0, 0.05) is 26.6 Å². The molecule has 0 unspecified atom stereocenters. The first-order chi connectivity index (χ1) is 15.4. The van der Waals surface area contributed by atoms with Crippen LogP contribution in [-0.4, -0.2) is 51.0 Å². The number of amides is 2. The summed E-state index contributed by atoms with van der Waals surface area (Å²) in [5.41, 5.74) is 4.71. The summed E-state index contributed by atoms with van der Waals surface area (Å²) in [6.07, 6.45) is 1.63. The van der Waals surface area contributed by atoms with Crippen molar-refractivity contribution in [1.82, 2.24) is 10.2 Å². The summed E-state index contributed by atoms with van der Waals surface area (Å²) in [4.78, 5) is 26.9. The van der Waals surface area contributed by atoms with E-state index in [0.29, 0.717) is 18.7 Å². The first kappa shape index (κ1) is 26.4. The molecule has 2 rings (SSSR count). The molecule has 0 fully saturated rings. The number of sulfonamides is 1. The number of carbonyl (C=O) groups is 2. The summed E-state index contributed by atoms with van der Waals surface area (Å²) in [5.74, 6) is -0.441. The molecule has 0 aliphatic heterocycles. The number of hydrogen-bond acceptors (Lipinski definition) is 4. The van der Waals surface area contributed by atoms with Crippen molar-refractivity contribution in [3.63, 3.8) is 0 Å². The molecule has 0 saturated heterocycles. The molecular weight excluding hydrogens is 438 g/mol. The molecule has 2 aromatic rings. The Balaban J connectivity index is 2.15. The predicted molar refractivity (Wildman–Crippen MR) is 133 cm³/mol. The van der Waals surface area contributed by atoms with Crippen molar-refractivity contribution in [3.05, 3.63) is 64.7 Å². The van der Waals surface area contributed by atoms with Gasteiger partial charge in [0.1, 0.15) is 6.04 Å². The zero-order valence-corrected chi connectivity index (χ0v) is 21.2. The molecule has 0 saturated carbocycles. The van der Waals surface area contributed by atoms with Crippen molar-refractivity contribution in [2.45, 2.75) is 53.1 Å². The molecule has 0 bridgehead atoms. The maximum atomic E-state index is 13.1. The standard InChI is InChI=1S/C25H35N3O4S/c1-18-9-12-22(13-10-18)17-27(21(4)25(30)26-5)24(29)8-7-15-28(33(6,31)32)23-14-11-19(2)20(3)16-23/h9-14,16,21H,7-8,15,17H2,1-6H3,(H,26,30)/t21-/m1/s1. The molecule has 0 aliphatic carbocycles. The molecule has 8 heteroatoms. The smallest absolute Gasteiger partial charge is 0.242 e. The Morgan fingerprint density at radius 1 is 1.00 bits per heavy atom. The number of benzene rings is 2. The molecule has 0 radical (unpaired) electrons. The first-order valence-corrected chi connectivity index (χ1v) is 12.9. The molecule has 7 nitrogen and oxygen atoms in total. The molecule has 0 aromatic heterocycles. The minimum Gasteiger partial charge on any atom is -0.357 e. The molecule has 0 spiro atoms. The Hall–Kier alpha value is -2.87. The van der Waals surface area contributed by atoms with E-state index in [-0.39, 0.29) is 24.8 Å². The van der Waals surface area contributed by atoms with Gasteiger partial charge in [0.15, 0.2) is 0 Å². The van der Waals surface area contributed by atoms with E-state index in [1.54, 1.807) is 24.9 Å². The van der Waals surface area contributed by atoms with Gasteiger partial charge in [-0.25, -0.2) is 8.42 Å². The SMILES string of the molecule is CNC(=O)[C@@H](C)N(Cc1ccc(C)cc1)C(=O)CCCN(c1ccc(C)c(C)c1)S(C)(=O)=O. The summed E-state index contributed by atoms with van der Waals surface area (Å²) < 4.78 is 26.2. The Morgan fingerprint density at radius 3 is 2.18 bits per heavy atom. The fourth-order valence-corrected chi connectivity index (χ4v) is 4.52. The van der Waals surface area contributed by atoms with Crippen molar-refractivity contribution in [3.8, 4) is 0 Å². The van der Waals surface area contributed by atoms with Gasteiger partial charge in [-0.05, 0) is 62.9 Å². The molecule has 2 aromatic carbocycles. The molecule has 0 heterocycles. The maximum absolute atomic E-state index is 13.1. The second-order valence-corrected chi connectivity index (χ2v) is 10.4. The van der Waals surface area contributed by atoms with Crippen molar-refractivity contribution in [1.29, 1.82) is 0 Å². The maximum Gasteiger partial charge on any atom is 0.242 e. The van der Waals surface area contributed by atoms with Gasteiger partial charge in [-0.15, -0.1) is 0 Å². The van der Waals surface area contributed by atoms with Gasteiger partial charge in [0.05, 0.1) is 11.9 Å². The van der Waals surface area contributed by atoms with E-state index >= 15 is 0 Å². The molecule has 180 valence electrons. The summed E-state index contributed by atoms with van der Waals surface area (Å²) in [6.45, 7) is 8.08. The first-order valence-electron chi connectivity index (χ1n) is 11.1. The molecular formula is C25H35N3O4S. The fraction of sp³-hybridized carbons (Fsp3) is 0.440. The Kier molecular flexibility index (Phi) is 9.05. The summed E-state index contributed by atoms with van der Waals surface area (Å²) in [7, 11) is -1.97. The number of nitrogens with zero attached hydrogens (tertiary/aromatic N) is 2. The van der Waals surface area contributed by atoms with Crippen LogP contribution in [0.5, 0.6) is 0 Å². The minimum absolute atomic E-state index is 0.129. The fourth-order valence-electron chi connectivity index (χ4n) is 3.57. The third-order valence-corrected chi connectivity index (χ3v) is 7.01. The van der Waals surface area contributed by atoms with Gasteiger partial charge in [0.25, 0.3) is 0 Å². The van der Waals surface area contributed by atoms with Crippen LogP contribution in [-0.2, 0) is 26.2 Å². The van der Waals surface area contributed by atoms with Crippen LogP contribution >= 0.6 is 0 Å². The van der Waals surface area contributed by atoms with Crippen molar-refractivity contribution in [2.75, 3.05) is 24.2 Å². The van der Waals surface area contributed by atoms with Crippen LogP contribution in [0.4, 0.5) is 5.69 Å². The molecule has 1 atom stereocenters. The highest BCUT2D eigenvalue weighted by Gasteiger charge is 2.26. The summed E-state index contributed by atoms with van der Waals surface area (Å²) in [6, 6.07) is 12.7. The lowest BCUT2D eigenvalue weighted by Crippen LogP contribution is -2.46. The normalized spacial score (nSPS) is 12.2. The topological polar surface area (TPSA) is 86.8 Å². The zero-order valence-electron chi connectivity index (χ0n) is 20.4. The second kappa shape index (κ2) is 11.3. The van der Waals surface area contributed by atoms with E-state index in [1.165, 1.54) is 10.6 Å². The number of aryl methyl sites for hydroxylation is 3. The lowest BCUT2D eigenvalue weighted by atomic mass is 10.1. The van der Waals surface area contributed by atoms with E-state index in [9.17, 15) is 18.0 Å². The van der Waals surface area contributed by atoms with E-state index in [4.69, 9.17) is 0 Å². The lowest BCUT2D eigenvalue weighted by Gasteiger charge is -2.29. The van der Waals surface area contributed by atoms with E-state index in [1.807, 2.05) is 57.2 Å². The highest BCUT2D eigenvalue weighted by atomic mass is 32.2. The van der Waals surface area contributed by atoms with Crippen LogP contribution in [0.3, 0.4) is 0 Å². The van der Waals surface area contributed by atoms with Crippen molar-refractivity contribution >= 4 is 27.5 Å². The number of nitrogens with one attached hydrogen (secondary N) is 1. The van der Waals surface area contributed by atoms with Crippen LogP contribution in [0.25, 0.3) is 0 Å². The lowest BCUT2D eigenvalue weighted by molar-refractivity contribution is -0.140.